The van der Waals surface area contributed by atoms with Gasteiger partial charge in [0.05, 0.1) is 18.1 Å². The molecule has 0 N–H and O–H groups in total. The predicted molar refractivity (Wildman–Crippen MR) is 86.9 cm³/mol. The van der Waals surface area contributed by atoms with E-state index in [1.807, 2.05) is 6.92 Å². The van der Waals surface area contributed by atoms with Gasteiger partial charge in [0.15, 0.2) is 0 Å². The number of fused-ring (bicyclic) bond motifs is 2. The molecule has 1 aromatic rings. The van der Waals surface area contributed by atoms with Crippen molar-refractivity contribution in [1.82, 2.24) is 0 Å². The number of carbonyl (C=O) groups excluding carboxylic acids is 1. The van der Waals surface area contributed by atoms with E-state index in [2.05, 4.69) is 20.8 Å². The van der Waals surface area contributed by atoms with Crippen LogP contribution in [0, 0.1) is 17.3 Å². The molecular weight excluding hydrogens is 292 g/mol. The fourth-order valence-electron chi connectivity index (χ4n) is 4.88. The van der Waals surface area contributed by atoms with Gasteiger partial charge in [-0.1, -0.05) is 13.8 Å². The Bertz CT molecular complexity index is 588. The van der Waals surface area contributed by atoms with Gasteiger partial charge in [0.2, 0.25) is 0 Å². The van der Waals surface area contributed by atoms with Gasteiger partial charge < -0.3 is 13.9 Å². The number of ether oxygens (including phenoxy) is 2. The van der Waals surface area contributed by atoms with Crippen molar-refractivity contribution >= 4 is 5.97 Å². The van der Waals surface area contributed by atoms with Gasteiger partial charge in [0, 0.05) is 37.0 Å². The molecule has 2 aliphatic rings. The maximum atomic E-state index is 11.7. The Kier molecular flexibility index (Phi) is 4.07. The summed E-state index contributed by atoms with van der Waals surface area (Å²) in [5.74, 6) is 0.407. The number of carbonyl (C=O) groups is 1. The summed E-state index contributed by atoms with van der Waals surface area (Å²) in [6, 6.07) is 0. The topological polar surface area (TPSA) is 48.7 Å². The predicted octanol–water partition coefficient (Wildman–Crippen LogP) is 4.29. The average Bonchev–Trinajstić information content (AvgIpc) is 2.98. The summed E-state index contributed by atoms with van der Waals surface area (Å²) in [6.07, 6.45) is 6.24. The van der Waals surface area contributed by atoms with Crippen LogP contribution in [0.15, 0.2) is 16.9 Å². The third kappa shape index (κ3) is 2.93. The van der Waals surface area contributed by atoms with Crippen LogP contribution in [0.3, 0.4) is 0 Å². The van der Waals surface area contributed by atoms with Gasteiger partial charge in [-0.25, -0.2) is 0 Å². The minimum Gasteiger partial charge on any atom is -0.472 e. The van der Waals surface area contributed by atoms with Gasteiger partial charge in [0.25, 0.3) is 0 Å². The zero-order chi connectivity index (χ0) is 16.8. The Morgan fingerprint density at radius 1 is 1.30 bits per heavy atom. The van der Waals surface area contributed by atoms with Crippen molar-refractivity contribution in [2.75, 3.05) is 6.61 Å². The lowest BCUT2D eigenvalue weighted by atomic mass is 9.78. The third-order valence-electron chi connectivity index (χ3n) is 5.64. The van der Waals surface area contributed by atoms with Crippen molar-refractivity contribution in [2.24, 2.45) is 17.3 Å². The first-order chi connectivity index (χ1) is 10.8. The van der Waals surface area contributed by atoms with Gasteiger partial charge in [0.1, 0.15) is 6.10 Å². The molecule has 0 unspecified atom stereocenters. The van der Waals surface area contributed by atoms with Crippen LogP contribution in [0.5, 0.6) is 0 Å². The second-order valence-corrected chi connectivity index (χ2v) is 8.15. The van der Waals surface area contributed by atoms with Crippen molar-refractivity contribution in [2.45, 2.75) is 65.6 Å². The number of rotatable bonds is 3. The van der Waals surface area contributed by atoms with Crippen molar-refractivity contribution < 1.29 is 18.7 Å². The molecule has 0 aliphatic heterocycles. The maximum absolute atomic E-state index is 11.7. The molecule has 4 heteroatoms. The summed E-state index contributed by atoms with van der Waals surface area (Å²) in [5.41, 5.74) is 2.12. The highest BCUT2D eigenvalue weighted by Crippen LogP contribution is 2.58. The second kappa shape index (κ2) is 5.66. The van der Waals surface area contributed by atoms with E-state index in [0.29, 0.717) is 12.5 Å². The van der Waals surface area contributed by atoms with E-state index >= 15 is 0 Å². The summed E-state index contributed by atoms with van der Waals surface area (Å²) in [6.45, 7) is 11.0. The Morgan fingerprint density at radius 3 is 2.70 bits per heavy atom. The first-order valence-corrected chi connectivity index (χ1v) is 8.62. The summed E-state index contributed by atoms with van der Waals surface area (Å²) in [5, 5.41) is 0. The number of hydrogen-bond donors (Lipinski definition) is 0. The number of furan rings is 1. The summed E-state index contributed by atoms with van der Waals surface area (Å²) >= 11 is 0. The molecule has 1 heterocycles. The molecule has 0 radical (unpaired) electrons. The SMILES string of the molecule is CCO[C@@]1(C)Cc2cocc2[C@H](OC(C)=O)[C@H]2CC(C)(C)C[C@@H]21. The van der Waals surface area contributed by atoms with Gasteiger partial charge in [-0.2, -0.15) is 0 Å². The molecule has 1 fully saturated rings. The fourth-order valence-corrected chi connectivity index (χ4v) is 4.88. The van der Waals surface area contributed by atoms with Crippen LogP contribution in [0.25, 0.3) is 0 Å². The van der Waals surface area contributed by atoms with Crippen molar-refractivity contribution in [3.8, 4) is 0 Å². The van der Waals surface area contributed by atoms with Crippen LogP contribution < -0.4 is 0 Å². The highest BCUT2D eigenvalue weighted by Gasteiger charge is 2.55. The van der Waals surface area contributed by atoms with E-state index < -0.39 is 0 Å². The highest BCUT2D eigenvalue weighted by molar-refractivity contribution is 5.66. The van der Waals surface area contributed by atoms with E-state index in [1.54, 1.807) is 12.5 Å². The summed E-state index contributed by atoms with van der Waals surface area (Å²) in [7, 11) is 0. The summed E-state index contributed by atoms with van der Waals surface area (Å²) in [4.78, 5) is 11.7. The van der Waals surface area contributed by atoms with E-state index in [9.17, 15) is 4.79 Å². The van der Waals surface area contributed by atoms with E-state index in [-0.39, 0.29) is 29.0 Å². The molecule has 1 aromatic heterocycles. The van der Waals surface area contributed by atoms with Crippen LogP contribution in [0.2, 0.25) is 0 Å². The standard InChI is InChI=1S/C19H28O4/c1-6-22-19(5)7-13-10-21-11-15(13)17(23-12(2)20)14-8-18(3,4)9-16(14)19/h10-11,14,16-17H,6-9H2,1-5H3/t14-,16-,17+,19-/m0/s1. The zero-order valence-corrected chi connectivity index (χ0v) is 14.8. The normalized spacial score (nSPS) is 35.3. The monoisotopic (exact) mass is 320 g/mol. The first-order valence-electron chi connectivity index (χ1n) is 8.62. The Morgan fingerprint density at radius 2 is 2.04 bits per heavy atom. The molecule has 1 saturated carbocycles. The molecule has 3 rings (SSSR count). The Hall–Kier alpha value is -1.29. The molecule has 0 amide bonds. The molecule has 2 aliphatic carbocycles. The van der Waals surface area contributed by atoms with E-state index in [1.165, 1.54) is 6.92 Å². The van der Waals surface area contributed by atoms with Crippen LogP contribution in [-0.4, -0.2) is 18.2 Å². The van der Waals surface area contributed by atoms with Crippen molar-refractivity contribution in [3.05, 3.63) is 23.7 Å². The molecule has 4 atom stereocenters. The van der Waals surface area contributed by atoms with Gasteiger partial charge in [-0.3, -0.25) is 4.79 Å². The van der Waals surface area contributed by atoms with Crippen molar-refractivity contribution in [3.63, 3.8) is 0 Å². The van der Waals surface area contributed by atoms with Crippen LogP contribution in [0.1, 0.15) is 64.7 Å². The average molecular weight is 320 g/mol. The lowest BCUT2D eigenvalue weighted by Gasteiger charge is -2.38. The Balaban J connectivity index is 2.08. The molecule has 0 aromatic carbocycles. The van der Waals surface area contributed by atoms with Crippen LogP contribution in [-0.2, 0) is 20.7 Å². The molecule has 0 bridgehead atoms. The molecule has 0 spiro atoms. The second-order valence-electron chi connectivity index (χ2n) is 8.15. The van der Waals surface area contributed by atoms with Gasteiger partial charge in [-0.05, 0) is 38.0 Å². The van der Waals surface area contributed by atoms with E-state index in [0.717, 1.165) is 30.4 Å². The lowest BCUT2D eigenvalue weighted by molar-refractivity contribution is -0.154. The highest BCUT2D eigenvalue weighted by atomic mass is 16.5. The minimum absolute atomic E-state index is 0.227. The third-order valence-corrected chi connectivity index (χ3v) is 5.64. The molecule has 0 saturated heterocycles. The smallest absolute Gasteiger partial charge is 0.303 e. The van der Waals surface area contributed by atoms with Gasteiger partial charge >= 0.3 is 5.97 Å². The largest absolute Gasteiger partial charge is 0.472 e. The van der Waals surface area contributed by atoms with Gasteiger partial charge in [-0.15, -0.1) is 0 Å². The van der Waals surface area contributed by atoms with Crippen LogP contribution >= 0.6 is 0 Å². The maximum Gasteiger partial charge on any atom is 0.303 e. The summed E-state index contributed by atoms with van der Waals surface area (Å²) < 4.78 is 17.5. The van der Waals surface area contributed by atoms with E-state index in [4.69, 9.17) is 13.9 Å². The fraction of sp³-hybridized carbons (Fsp3) is 0.737. The molecule has 4 nitrogen and oxygen atoms in total. The minimum atomic E-state index is -0.249. The zero-order valence-electron chi connectivity index (χ0n) is 14.8. The molecular formula is C19H28O4. The lowest BCUT2D eigenvalue weighted by Crippen LogP contribution is -2.42. The molecule has 23 heavy (non-hydrogen) atoms. The quantitative estimate of drug-likeness (QED) is 0.780. The van der Waals surface area contributed by atoms with Crippen molar-refractivity contribution in [1.29, 1.82) is 0 Å². The Labute approximate surface area is 138 Å². The molecule has 128 valence electrons. The van der Waals surface area contributed by atoms with Crippen LogP contribution in [0.4, 0.5) is 0 Å². The number of hydrogen-bond acceptors (Lipinski definition) is 4. The number of esters is 1. The first kappa shape index (κ1) is 16.6.